The third kappa shape index (κ3) is 4.45. The van der Waals surface area contributed by atoms with Crippen molar-refractivity contribution in [3.63, 3.8) is 0 Å². The summed E-state index contributed by atoms with van der Waals surface area (Å²) in [7, 11) is 0. The van der Waals surface area contributed by atoms with Crippen LogP contribution in [0.2, 0.25) is 0 Å². The number of quaternary nitrogens is 2. The second-order valence-corrected chi connectivity index (χ2v) is 13.5. The molecule has 5 heterocycles. The lowest BCUT2D eigenvalue weighted by molar-refractivity contribution is -1.08. The Morgan fingerprint density at radius 3 is 2.44 bits per heavy atom. The second-order valence-electron chi connectivity index (χ2n) is 12.3. The number of aliphatic hydroxyl groups is 1. The Kier molecular flexibility index (Phi) is 6.71. The molecule has 210 valence electrons. The van der Waals surface area contributed by atoms with Crippen molar-refractivity contribution in [1.29, 1.82) is 0 Å². The third-order valence-electron chi connectivity index (χ3n) is 9.99. The van der Waals surface area contributed by atoms with Gasteiger partial charge in [0.15, 0.2) is 6.54 Å². The van der Waals surface area contributed by atoms with Gasteiger partial charge in [0.2, 0.25) is 5.91 Å². The maximum Gasteiger partial charge on any atom is 0.352 e. The van der Waals surface area contributed by atoms with Gasteiger partial charge in [0.05, 0.1) is 21.6 Å². The van der Waals surface area contributed by atoms with E-state index in [4.69, 9.17) is 10.5 Å². The van der Waals surface area contributed by atoms with Crippen molar-refractivity contribution in [3.8, 4) is 5.75 Å². The molecule has 11 heteroatoms. The van der Waals surface area contributed by atoms with E-state index < -0.39 is 24.1 Å². The van der Waals surface area contributed by atoms with Gasteiger partial charge in [0, 0.05) is 17.1 Å². The molecule has 6 aliphatic rings. The molecule has 2 amide bonds. The molecule has 5 fully saturated rings. The molecule has 7 rings (SSSR count). The molecule has 0 aromatic heterocycles. The average molecular weight is 653 g/mol. The van der Waals surface area contributed by atoms with E-state index in [1.165, 1.54) is 10.5 Å². The predicted octanol–water partition coefficient (Wildman–Crippen LogP) is 1.04. The summed E-state index contributed by atoms with van der Waals surface area (Å²) < 4.78 is 9.39. The number of β-lactam (4-membered cyclic amide) rings is 1. The normalized spacial score (nSPS) is 35.8. The molecule has 0 radical (unpaired) electrons. The SMILES string of the molecule is CC(O)C1C(=O)N2C(C(=O)O)=C3C(Oc4cc(C[N+]56CC[N+](CC(N)=O)(CC5)CC6)ccc4I)CCCC3C12. The van der Waals surface area contributed by atoms with Crippen LogP contribution in [0.4, 0.5) is 0 Å². The van der Waals surface area contributed by atoms with Crippen molar-refractivity contribution in [3.05, 3.63) is 38.6 Å². The highest BCUT2D eigenvalue weighted by Crippen LogP contribution is 2.53. The van der Waals surface area contributed by atoms with Crippen molar-refractivity contribution < 1.29 is 38.3 Å². The molecular formula is C28H37IN4O6+2. The fourth-order valence-electron chi connectivity index (χ4n) is 7.98. The van der Waals surface area contributed by atoms with E-state index in [-0.39, 0.29) is 29.5 Å². The number of carbonyl (C=O) groups excluding carboxylic acids is 2. The largest absolute Gasteiger partial charge is 0.485 e. The molecule has 5 unspecified atom stereocenters. The van der Waals surface area contributed by atoms with Crippen LogP contribution in [0.1, 0.15) is 31.7 Å². The van der Waals surface area contributed by atoms with Crippen molar-refractivity contribution in [1.82, 2.24) is 4.90 Å². The number of rotatable bonds is 8. The van der Waals surface area contributed by atoms with Crippen LogP contribution in [0, 0.1) is 15.4 Å². The molecule has 1 aliphatic carbocycles. The van der Waals surface area contributed by atoms with Gasteiger partial charge in [-0.2, -0.15) is 0 Å². The fraction of sp³-hybridized carbons (Fsp3) is 0.607. The molecule has 4 saturated heterocycles. The number of hydrogen-bond acceptors (Lipinski definition) is 5. The molecule has 4 N–H and O–H groups in total. The number of amides is 2. The first-order valence-corrected chi connectivity index (χ1v) is 15.0. The van der Waals surface area contributed by atoms with E-state index in [9.17, 15) is 24.6 Å². The summed E-state index contributed by atoms with van der Waals surface area (Å²) in [5.41, 5.74) is 7.47. The van der Waals surface area contributed by atoms with Crippen LogP contribution in [-0.2, 0) is 20.9 Å². The molecule has 5 aliphatic heterocycles. The number of aliphatic carboxylic acids is 1. The molecular weight excluding hydrogens is 615 g/mol. The lowest BCUT2D eigenvalue weighted by Gasteiger charge is -2.55. The van der Waals surface area contributed by atoms with Gasteiger partial charge >= 0.3 is 5.97 Å². The van der Waals surface area contributed by atoms with Gasteiger partial charge in [-0.25, -0.2) is 4.79 Å². The summed E-state index contributed by atoms with van der Waals surface area (Å²) >= 11 is 2.27. The Hall–Kier alpha value is -2.22. The molecule has 10 nitrogen and oxygen atoms in total. The monoisotopic (exact) mass is 652 g/mol. The van der Waals surface area contributed by atoms with Crippen molar-refractivity contribution >= 4 is 40.4 Å². The Balaban J connectivity index is 1.23. The Bertz CT molecular complexity index is 1240. The highest BCUT2D eigenvalue weighted by atomic mass is 127. The van der Waals surface area contributed by atoms with E-state index in [0.717, 1.165) is 76.9 Å². The maximum atomic E-state index is 12.8. The van der Waals surface area contributed by atoms with Crippen molar-refractivity contribution in [2.45, 2.75) is 51.0 Å². The number of primary amides is 1. The predicted molar refractivity (Wildman–Crippen MR) is 149 cm³/mol. The minimum absolute atomic E-state index is 0.0558. The summed E-state index contributed by atoms with van der Waals surface area (Å²) in [5, 5.41) is 20.3. The zero-order chi connectivity index (χ0) is 27.7. The Morgan fingerprint density at radius 1 is 1.15 bits per heavy atom. The second kappa shape index (κ2) is 9.71. The number of carboxylic acids is 1. The molecule has 2 bridgehead atoms. The number of carboxylic acid groups (broad SMARTS) is 1. The topological polar surface area (TPSA) is 130 Å². The van der Waals surface area contributed by atoms with E-state index in [1.807, 2.05) is 0 Å². The van der Waals surface area contributed by atoms with Gasteiger partial charge in [-0.3, -0.25) is 9.59 Å². The number of piperazine rings is 3. The van der Waals surface area contributed by atoms with E-state index >= 15 is 0 Å². The van der Waals surface area contributed by atoms with Crippen molar-refractivity contribution in [2.24, 2.45) is 17.6 Å². The molecule has 5 atom stereocenters. The van der Waals surface area contributed by atoms with Gasteiger partial charge in [-0.1, -0.05) is 6.07 Å². The van der Waals surface area contributed by atoms with Crippen LogP contribution < -0.4 is 10.5 Å². The standard InChI is InChI=1S/C28H35IN4O6/c1-16(34)23-25-18-3-2-4-20(24(18)26(28(37)38)31(25)27(23)36)39-21-13-17(5-6-19(21)29)14-32-7-10-33(11-8-32,12-9-32)15-22(30)35/h5-6,13,16,18,20,23,25,34H,2-4,7-12,14-15H2,1H3,(H-2,30,35,37,38)/p+2. The van der Waals surface area contributed by atoms with Crippen LogP contribution in [-0.4, -0.2) is 106 Å². The Labute approximate surface area is 241 Å². The first-order valence-electron chi connectivity index (χ1n) is 14.0. The van der Waals surface area contributed by atoms with Crippen LogP contribution in [0.5, 0.6) is 5.75 Å². The fourth-order valence-corrected chi connectivity index (χ4v) is 8.45. The summed E-state index contributed by atoms with van der Waals surface area (Å²) in [5.74, 6) is -1.56. The molecule has 1 saturated carbocycles. The van der Waals surface area contributed by atoms with Gasteiger partial charge in [0.25, 0.3) is 5.91 Å². The number of benzene rings is 1. The number of fused-ring (bicyclic) bond motifs is 6. The van der Waals surface area contributed by atoms with Crippen LogP contribution in [0.3, 0.4) is 0 Å². The zero-order valence-electron chi connectivity index (χ0n) is 22.2. The number of nitrogens with two attached hydrogens (primary N) is 1. The summed E-state index contributed by atoms with van der Waals surface area (Å²) in [6.07, 6.45) is 1.12. The van der Waals surface area contributed by atoms with Crippen LogP contribution in [0.15, 0.2) is 29.5 Å². The van der Waals surface area contributed by atoms with Crippen LogP contribution in [0.25, 0.3) is 0 Å². The molecule has 39 heavy (non-hydrogen) atoms. The van der Waals surface area contributed by atoms with E-state index in [0.29, 0.717) is 18.5 Å². The van der Waals surface area contributed by atoms with Crippen LogP contribution >= 0.6 is 22.6 Å². The first kappa shape index (κ1) is 27.0. The molecule has 1 aromatic carbocycles. The number of carbonyl (C=O) groups is 3. The number of ether oxygens (including phenoxy) is 1. The van der Waals surface area contributed by atoms with Gasteiger partial charge < -0.3 is 34.5 Å². The third-order valence-corrected chi connectivity index (χ3v) is 10.9. The number of halogens is 1. The quantitative estimate of drug-likeness (QED) is 0.219. The Morgan fingerprint density at radius 2 is 1.82 bits per heavy atom. The number of nitrogens with zero attached hydrogens (tertiary/aromatic N) is 3. The van der Waals surface area contributed by atoms with E-state index in [2.05, 4.69) is 40.8 Å². The highest BCUT2D eigenvalue weighted by molar-refractivity contribution is 14.1. The highest BCUT2D eigenvalue weighted by Gasteiger charge is 2.62. The first-order chi connectivity index (χ1) is 18.5. The smallest absolute Gasteiger partial charge is 0.352 e. The van der Waals surface area contributed by atoms with Gasteiger partial charge in [-0.05, 0) is 60.9 Å². The minimum atomic E-state index is -1.11. The zero-order valence-corrected chi connectivity index (χ0v) is 24.4. The lowest BCUT2D eigenvalue weighted by Crippen LogP contribution is -2.75. The van der Waals surface area contributed by atoms with Gasteiger partial charge in [-0.15, -0.1) is 0 Å². The minimum Gasteiger partial charge on any atom is -0.485 e. The summed E-state index contributed by atoms with van der Waals surface area (Å²) in [6, 6.07) is 6.01. The lowest BCUT2D eigenvalue weighted by atomic mass is 9.71. The van der Waals surface area contributed by atoms with E-state index in [1.54, 1.807) is 6.92 Å². The van der Waals surface area contributed by atoms with Crippen molar-refractivity contribution in [2.75, 3.05) is 45.8 Å². The average Bonchev–Trinajstić information content (AvgIpc) is 3.18. The summed E-state index contributed by atoms with van der Waals surface area (Å²) in [6.45, 7) is 8.89. The molecule has 0 spiro atoms. The van der Waals surface area contributed by atoms with Gasteiger partial charge in [0.1, 0.15) is 63.4 Å². The summed E-state index contributed by atoms with van der Waals surface area (Å²) in [4.78, 5) is 38.2. The number of hydrogen-bond donors (Lipinski definition) is 3. The molecule has 1 aromatic rings. The number of aliphatic hydroxyl groups excluding tert-OH is 1. The maximum absolute atomic E-state index is 12.8.